The molecule has 0 heterocycles. The molecule has 0 bridgehead atoms. The smallest absolute Gasteiger partial charge is 0.466 e. The lowest BCUT2D eigenvalue weighted by Gasteiger charge is -2.24. The molecule has 0 radical (unpaired) electrons. The summed E-state index contributed by atoms with van der Waals surface area (Å²) in [6, 6.07) is 17.9. The van der Waals surface area contributed by atoms with E-state index >= 15 is 4.39 Å². The first-order chi connectivity index (χ1) is 16.2. The van der Waals surface area contributed by atoms with Crippen LogP contribution in [-0.2, 0) is 20.9 Å². The molecule has 178 valence electrons. The molecule has 0 spiro atoms. The Hall–Kier alpha value is -3.88. The minimum absolute atomic E-state index is 0.0266. The third kappa shape index (κ3) is 6.81. The number of alkyl halides is 3. The predicted octanol–water partition coefficient (Wildman–Crippen LogP) is 5.88. The van der Waals surface area contributed by atoms with Crippen molar-refractivity contribution < 1.29 is 36.6 Å². The molecule has 34 heavy (non-hydrogen) atoms. The second-order valence-electron chi connectivity index (χ2n) is 7.19. The summed E-state index contributed by atoms with van der Waals surface area (Å²) in [6.45, 7) is 1.75. The maximum atomic E-state index is 15.2. The van der Waals surface area contributed by atoms with Crippen molar-refractivity contribution in [1.29, 1.82) is 0 Å². The van der Waals surface area contributed by atoms with Gasteiger partial charge in [-0.1, -0.05) is 48.5 Å². The molecule has 5 nitrogen and oxygen atoms in total. The van der Waals surface area contributed by atoms with Gasteiger partial charge in [0.15, 0.2) is 0 Å². The second kappa shape index (κ2) is 10.8. The number of carbonyl (C=O) groups excluding carboxylic acids is 2. The van der Waals surface area contributed by atoms with E-state index in [-0.39, 0.29) is 18.8 Å². The summed E-state index contributed by atoms with van der Waals surface area (Å²) in [5.74, 6) is -2.49. The summed E-state index contributed by atoms with van der Waals surface area (Å²) in [6.07, 6.45) is -5.36. The van der Waals surface area contributed by atoms with Crippen molar-refractivity contribution in [2.24, 2.45) is 0 Å². The third-order valence-corrected chi connectivity index (χ3v) is 4.75. The van der Waals surface area contributed by atoms with Crippen molar-refractivity contribution in [3.8, 4) is 16.9 Å². The van der Waals surface area contributed by atoms with Gasteiger partial charge in [-0.05, 0) is 47.9 Å². The van der Waals surface area contributed by atoms with Crippen LogP contribution in [-0.4, -0.2) is 24.8 Å². The summed E-state index contributed by atoms with van der Waals surface area (Å²) < 4.78 is 60.9. The highest BCUT2D eigenvalue weighted by Crippen LogP contribution is 2.30. The van der Waals surface area contributed by atoms with Gasteiger partial charge < -0.3 is 14.4 Å². The van der Waals surface area contributed by atoms with Crippen LogP contribution in [0.25, 0.3) is 11.1 Å². The van der Waals surface area contributed by atoms with Crippen molar-refractivity contribution in [2.45, 2.75) is 26.3 Å². The van der Waals surface area contributed by atoms with Crippen LogP contribution >= 0.6 is 0 Å². The van der Waals surface area contributed by atoms with E-state index in [0.717, 1.165) is 22.6 Å². The molecule has 0 fully saturated rings. The van der Waals surface area contributed by atoms with Crippen molar-refractivity contribution in [1.82, 2.24) is 0 Å². The van der Waals surface area contributed by atoms with Gasteiger partial charge in [-0.2, -0.15) is 0 Å². The maximum Gasteiger partial charge on any atom is 0.573 e. The number of anilines is 1. The summed E-state index contributed by atoms with van der Waals surface area (Å²) in [5, 5.41) is 0. The normalized spacial score (nSPS) is 11.1. The van der Waals surface area contributed by atoms with Crippen LogP contribution in [0.3, 0.4) is 0 Å². The van der Waals surface area contributed by atoms with Gasteiger partial charge in [0.05, 0.1) is 18.8 Å². The number of hydrogen-bond donors (Lipinski definition) is 0. The highest BCUT2D eigenvalue weighted by molar-refractivity contribution is 6.03. The Labute approximate surface area is 193 Å². The molecule has 0 atom stereocenters. The van der Waals surface area contributed by atoms with Crippen molar-refractivity contribution in [3.05, 3.63) is 84.2 Å². The number of rotatable bonds is 8. The van der Waals surface area contributed by atoms with Gasteiger partial charge in [-0.25, -0.2) is 4.39 Å². The molecule has 1 amide bonds. The van der Waals surface area contributed by atoms with E-state index in [4.69, 9.17) is 4.74 Å². The molecule has 9 heteroatoms. The fourth-order valence-electron chi connectivity index (χ4n) is 3.26. The number of carbonyl (C=O) groups is 2. The number of nitrogens with zero attached hydrogens (tertiary/aromatic N) is 1. The Morgan fingerprint density at radius 3 is 2.15 bits per heavy atom. The van der Waals surface area contributed by atoms with Crippen LogP contribution in [0.2, 0.25) is 0 Å². The molecular weight excluding hydrogens is 454 g/mol. The van der Waals surface area contributed by atoms with Crippen LogP contribution < -0.4 is 9.64 Å². The number of amides is 1. The van der Waals surface area contributed by atoms with Crippen LogP contribution in [0, 0.1) is 5.82 Å². The number of ether oxygens (including phenoxy) is 2. The summed E-state index contributed by atoms with van der Waals surface area (Å²) in [4.78, 5) is 25.8. The molecule has 0 saturated carbocycles. The highest BCUT2D eigenvalue weighted by Gasteiger charge is 2.31. The molecule has 3 aromatic carbocycles. The summed E-state index contributed by atoms with van der Waals surface area (Å²) >= 11 is 0. The van der Waals surface area contributed by atoms with Crippen molar-refractivity contribution in [3.63, 3.8) is 0 Å². The molecule has 0 aliphatic heterocycles. The van der Waals surface area contributed by atoms with Crippen LogP contribution in [0.15, 0.2) is 72.8 Å². The lowest BCUT2D eigenvalue weighted by atomic mass is 10.0. The van der Waals surface area contributed by atoms with Crippen LogP contribution in [0.5, 0.6) is 5.75 Å². The van der Waals surface area contributed by atoms with Gasteiger partial charge in [-0.15, -0.1) is 13.2 Å². The summed E-state index contributed by atoms with van der Waals surface area (Å²) in [5.41, 5.74) is 1.52. The van der Waals surface area contributed by atoms with Gasteiger partial charge in [0.2, 0.25) is 5.91 Å². The SMILES string of the molecule is CCOC(=O)CC(=O)N(Cc1ccccc1)c1ccc(-c2ccc(OC(F)(F)F)cc2)cc1F. The molecular formula is C25H21F4NO4. The molecule has 0 aliphatic rings. The van der Waals surface area contributed by atoms with Crippen LogP contribution in [0.1, 0.15) is 18.9 Å². The molecule has 0 aliphatic carbocycles. The van der Waals surface area contributed by atoms with Gasteiger partial charge in [0.25, 0.3) is 0 Å². The first-order valence-corrected chi connectivity index (χ1v) is 10.3. The van der Waals surface area contributed by atoms with E-state index in [1.54, 1.807) is 37.3 Å². The average Bonchev–Trinajstić information content (AvgIpc) is 2.78. The Balaban J connectivity index is 1.88. The molecule has 3 aromatic rings. The fourth-order valence-corrected chi connectivity index (χ4v) is 3.26. The van der Waals surface area contributed by atoms with E-state index in [2.05, 4.69) is 4.74 Å². The zero-order valence-electron chi connectivity index (χ0n) is 18.1. The number of esters is 1. The second-order valence-corrected chi connectivity index (χ2v) is 7.19. The van der Waals surface area contributed by atoms with E-state index < -0.39 is 36.2 Å². The zero-order chi connectivity index (χ0) is 24.7. The number of benzene rings is 3. The van der Waals surface area contributed by atoms with E-state index in [9.17, 15) is 22.8 Å². The molecule has 0 N–H and O–H groups in total. The lowest BCUT2D eigenvalue weighted by Crippen LogP contribution is -2.33. The van der Waals surface area contributed by atoms with Gasteiger partial charge in [0, 0.05) is 0 Å². The van der Waals surface area contributed by atoms with Crippen LogP contribution in [0.4, 0.5) is 23.2 Å². The van der Waals surface area contributed by atoms with Crippen molar-refractivity contribution in [2.75, 3.05) is 11.5 Å². The number of halogens is 4. The minimum Gasteiger partial charge on any atom is -0.466 e. The number of hydrogen-bond acceptors (Lipinski definition) is 4. The molecule has 0 aromatic heterocycles. The zero-order valence-corrected chi connectivity index (χ0v) is 18.1. The Kier molecular flexibility index (Phi) is 7.88. The highest BCUT2D eigenvalue weighted by atomic mass is 19.4. The lowest BCUT2D eigenvalue weighted by molar-refractivity contribution is -0.274. The van der Waals surface area contributed by atoms with E-state index in [1.807, 2.05) is 0 Å². The minimum atomic E-state index is -4.81. The molecule has 3 rings (SSSR count). The Morgan fingerprint density at radius 2 is 1.56 bits per heavy atom. The molecule has 0 unspecified atom stereocenters. The van der Waals surface area contributed by atoms with E-state index in [1.165, 1.54) is 30.3 Å². The van der Waals surface area contributed by atoms with Gasteiger partial charge >= 0.3 is 12.3 Å². The Bertz CT molecular complexity index is 1130. The monoisotopic (exact) mass is 475 g/mol. The van der Waals surface area contributed by atoms with E-state index in [0.29, 0.717) is 11.1 Å². The standard InChI is InChI=1S/C25H21F4NO4/c1-2-33-24(32)15-23(31)30(16-17-6-4-3-5-7-17)22-13-10-19(14-21(22)26)18-8-11-20(12-9-18)34-25(27,28)29/h3-14H,2,15-16H2,1H3. The first-order valence-electron chi connectivity index (χ1n) is 10.3. The third-order valence-electron chi connectivity index (χ3n) is 4.75. The topological polar surface area (TPSA) is 55.8 Å². The Morgan fingerprint density at radius 1 is 0.912 bits per heavy atom. The molecule has 0 saturated heterocycles. The maximum absolute atomic E-state index is 15.2. The quantitative estimate of drug-likeness (QED) is 0.232. The fraction of sp³-hybridized carbons (Fsp3) is 0.200. The largest absolute Gasteiger partial charge is 0.573 e. The van der Waals surface area contributed by atoms with Gasteiger partial charge in [0.1, 0.15) is 18.0 Å². The van der Waals surface area contributed by atoms with Gasteiger partial charge in [-0.3, -0.25) is 9.59 Å². The predicted molar refractivity (Wildman–Crippen MR) is 117 cm³/mol. The summed E-state index contributed by atoms with van der Waals surface area (Å²) in [7, 11) is 0. The first kappa shape index (κ1) is 24.8. The van der Waals surface area contributed by atoms with Crippen molar-refractivity contribution >= 4 is 17.6 Å². The average molecular weight is 475 g/mol.